The summed E-state index contributed by atoms with van der Waals surface area (Å²) in [6.45, 7) is 1.42. The van der Waals surface area contributed by atoms with Gasteiger partial charge in [0.2, 0.25) is 10.0 Å². The first-order chi connectivity index (χ1) is 17.0. The number of hydrogen-bond donors (Lipinski definition) is 2. The summed E-state index contributed by atoms with van der Waals surface area (Å²) in [6, 6.07) is 16.3. The van der Waals surface area contributed by atoms with Gasteiger partial charge in [-0.05, 0) is 59.9 Å². The van der Waals surface area contributed by atoms with Crippen molar-refractivity contribution in [3.05, 3.63) is 96.0 Å². The molecule has 2 amide bonds. The minimum Gasteiger partial charge on any atom is -0.490 e. The van der Waals surface area contributed by atoms with Crippen LogP contribution in [-0.2, 0) is 15.8 Å². The first-order valence-electron chi connectivity index (χ1n) is 11.7. The average molecular weight is 493 g/mol. The fourth-order valence-electron chi connectivity index (χ4n) is 4.38. The Kier molecular flexibility index (Phi) is 6.61. The van der Waals surface area contributed by atoms with Crippen LogP contribution in [0.1, 0.15) is 18.4 Å². The van der Waals surface area contributed by atoms with Crippen LogP contribution < -0.4 is 15.4 Å². The minimum atomic E-state index is -3.35. The first-order valence-corrected chi connectivity index (χ1v) is 13.3. The molecular weight excluding hydrogens is 464 g/mol. The number of nitrogens with zero attached hydrogens (tertiary/aromatic N) is 2. The lowest BCUT2D eigenvalue weighted by atomic mass is 10.1. The Labute approximate surface area is 205 Å². The molecule has 0 spiro atoms. The summed E-state index contributed by atoms with van der Waals surface area (Å²) < 4.78 is 33.1. The summed E-state index contributed by atoms with van der Waals surface area (Å²) in [5.74, 6) is 0.719. The molecule has 35 heavy (non-hydrogen) atoms. The van der Waals surface area contributed by atoms with Gasteiger partial charge in [-0.1, -0.05) is 30.3 Å². The highest BCUT2D eigenvalue weighted by atomic mass is 32.2. The number of sulfonamides is 1. The largest absolute Gasteiger partial charge is 0.490 e. The van der Waals surface area contributed by atoms with Crippen LogP contribution in [0.25, 0.3) is 0 Å². The van der Waals surface area contributed by atoms with E-state index >= 15 is 0 Å². The van der Waals surface area contributed by atoms with Crippen molar-refractivity contribution in [3.63, 3.8) is 0 Å². The number of carbonyl (C=O) groups excluding carboxylic acids is 1. The van der Waals surface area contributed by atoms with E-state index in [1.54, 1.807) is 9.21 Å². The number of carbonyl (C=O) groups is 1. The Morgan fingerprint density at radius 1 is 1.06 bits per heavy atom. The summed E-state index contributed by atoms with van der Waals surface area (Å²) in [4.78, 5) is 14.2. The van der Waals surface area contributed by atoms with Crippen LogP contribution in [0, 0.1) is 0 Å². The fraction of sp³-hybridized carbons (Fsp3) is 0.269. The van der Waals surface area contributed by atoms with Crippen molar-refractivity contribution < 1.29 is 17.9 Å². The predicted molar refractivity (Wildman–Crippen MR) is 135 cm³/mol. The second-order valence-corrected chi connectivity index (χ2v) is 10.8. The molecule has 8 nitrogen and oxygen atoms in total. The molecule has 5 rings (SSSR count). The number of rotatable bonds is 6. The minimum absolute atomic E-state index is 0.0201. The Hall–Kier alpha value is -3.56. The van der Waals surface area contributed by atoms with E-state index in [2.05, 4.69) is 10.6 Å². The molecule has 9 heteroatoms. The molecule has 182 valence electrons. The van der Waals surface area contributed by atoms with Gasteiger partial charge in [-0.15, -0.1) is 0 Å². The zero-order chi connectivity index (χ0) is 24.3. The van der Waals surface area contributed by atoms with Crippen LogP contribution in [0.2, 0.25) is 0 Å². The van der Waals surface area contributed by atoms with Gasteiger partial charge in [-0.25, -0.2) is 17.5 Å². The van der Waals surface area contributed by atoms with Crippen LogP contribution in [-0.4, -0.2) is 49.4 Å². The molecule has 2 aromatic carbocycles. The Morgan fingerprint density at radius 2 is 1.80 bits per heavy atom. The number of nitrogens with one attached hydrogen (secondary N) is 2. The Bertz CT molecular complexity index is 1260. The predicted octanol–water partition coefficient (Wildman–Crippen LogP) is 3.79. The van der Waals surface area contributed by atoms with Crippen LogP contribution in [0.5, 0.6) is 5.75 Å². The smallest absolute Gasteiger partial charge is 0.326 e. The average Bonchev–Trinajstić information content (AvgIpc) is 3.31. The van der Waals surface area contributed by atoms with Gasteiger partial charge < -0.3 is 15.4 Å². The molecule has 1 saturated heterocycles. The molecule has 0 atom stereocenters. The van der Waals surface area contributed by atoms with Gasteiger partial charge in [0.25, 0.3) is 0 Å². The molecule has 1 fully saturated rings. The Morgan fingerprint density at radius 3 is 2.51 bits per heavy atom. The molecule has 3 aliphatic rings. The van der Waals surface area contributed by atoms with E-state index in [9.17, 15) is 13.2 Å². The SMILES string of the molecule is O=C(Nc1ccc(OC2CCN(S(=O)(=O)Cc3ccccc3)CC2)cc1)N1C=C2C=CNC=C2C1. The zero-order valence-corrected chi connectivity index (χ0v) is 20.1. The van der Waals surface area contributed by atoms with Gasteiger partial charge in [0.1, 0.15) is 11.9 Å². The fourth-order valence-corrected chi connectivity index (χ4v) is 5.94. The number of amides is 2. The van der Waals surface area contributed by atoms with Crippen molar-refractivity contribution in [2.24, 2.45) is 0 Å². The highest BCUT2D eigenvalue weighted by molar-refractivity contribution is 7.88. The maximum atomic E-state index is 12.7. The number of piperidine rings is 1. The van der Waals surface area contributed by atoms with Crippen molar-refractivity contribution in [3.8, 4) is 5.75 Å². The molecule has 0 unspecified atom stereocenters. The van der Waals surface area contributed by atoms with Crippen LogP contribution in [0.15, 0.2) is 90.4 Å². The lowest BCUT2D eigenvalue weighted by molar-refractivity contribution is 0.135. The number of allylic oxidation sites excluding steroid dienone is 1. The topological polar surface area (TPSA) is 91.0 Å². The Balaban J connectivity index is 1.10. The van der Waals surface area contributed by atoms with Gasteiger partial charge in [-0.2, -0.15) is 0 Å². The highest BCUT2D eigenvalue weighted by Gasteiger charge is 2.29. The quantitative estimate of drug-likeness (QED) is 0.640. The number of dihydropyridines is 1. The van der Waals surface area contributed by atoms with Crippen LogP contribution in [0.3, 0.4) is 0 Å². The molecule has 0 bridgehead atoms. The second-order valence-electron chi connectivity index (χ2n) is 8.79. The zero-order valence-electron chi connectivity index (χ0n) is 19.3. The molecular formula is C26H28N4O4S. The van der Waals surface area contributed by atoms with Crippen molar-refractivity contribution >= 4 is 21.7 Å². The van der Waals surface area contributed by atoms with Gasteiger partial charge in [0.15, 0.2) is 0 Å². The van der Waals surface area contributed by atoms with E-state index in [0.717, 1.165) is 16.7 Å². The molecule has 0 aromatic heterocycles. The monoisotopic (exact) mass is 492 g/mol. The summed E-state index contributed by atoms with van der Waals surface area (Å²) in [5.41, 5.74) is 3.58. The number of ether oxygens (including phenoxy) is 1. The normalized spacial score (nSPS) is 18.3. The summed E-state index contributed by atoms with van der Waals surface area (Å²) in [7, 11) is -3.35. The van der Waals surface area contributed by atoms with E-state index in [1.807, 2.05) is 79.3 Å². The second kappa shape index (κ2) is 9.97. The number of urea groups is 1. The summed E-state index contributed by atoms with van der Waals surface area (Å²) >= 11 is 0. The summed E-state index contributed by atoms with van der Waals surface area (Å²) in [5, 5.41) is 5.94. The van der Waals surface area contributed by atoms with Crippen LogP contribution >= 0.6 is 0 Å². The third kappa shape index (κ3) is 5.58. The first kappa shape index (κ1) is 23.2. The van der Waals surface area contributed by atoms with E-state index in [0.29, 0.717) is 43.9 Å². The van der Waals surface area contributed by atoms with E-state index in [-0.39, 0.29) is 17.9 Å². The lowest BCUT2D eigenvalue weighted by Crippen LogP contribution is -2.42. The third-order valence-electron chi connectivity index (χ3n) is 6.28. The van der Waals surface area contributed by atoms with Crippen molar-refractivity contribution in [1.29, 1.82) is 0 Å². The third-order valence-corrected chi connectivity index (χ3v) is 8.13. The van der Waals surface area contributed by atoms with Gasteiger partial charge in [-0.3, -0.25) is 4.90 Å². The number of fused-ring (bicyclic) bond motifs is 1. The van der Waals surface area contributed by atoms with Crippen molar-refractivity contribution in [1.82, 2.24) is 14.5 Å². The highest BCUT2D eigenvalue weighted by Crippen LogP contribution is 2.26. The molecule has 0 radical (unpaired) electrons. The molecule has 3 heterocycles. The number of anilines is 1. The van der Waals surface area contributed by atoms with E-state index in [1.165, 1.54) is 0 Å². The maximum absolute atomic E-state index is 12.7. The van der Waals surface area contributed by atoms with E-state index < -0.39 is 10.0 Å². The molecule has 0 aliphatic carbocycles. The lowest BCUT2D eigenvalue weighted by Gasteiger charge is -2.31. The van der Waals surface area contributed by atoms with Crippen molar-refractivity contribution in [2.45, 2.75) is 24.7 Å². The molecule has 3 aliphatic heterocycles. The summed E-state index contributed by atoms with van der Waals surface area (Å²) in [6.07, 6.45) is 8.73. The maximum Gasteiger partial charge on any atom is 0.326 e. The number of benzene rings is 2. The van der Waals surface area contributed by atoms with Gasteiger partial charge >= 0.3 is 6.03 Å². The van der Waals surface area contributed by atoms with Crippen molar-refractivity contribution in [2.75, 3.05) is 25.0 Å². The molecule has 2 N–H and O–H groups in total. The van der Waals surface area contributed by atoms with Crippen LogP contribution in [0.4, 0.5) is 10.5 Å². The van der Waals surface area contributed by atoms with Gasteiger partial charge in [0.05, 0.1) is 12.3 Å². The standard InChI is InChI=1S/C26H28N4O4S/c31-26(29-17-21-10-13-27-16-22(21)18-29)28-23-6-8-24(9-7-23)34-25-11-14-30(15-12-25)35(32,33)19-20-4-2-1-3-5-20/h1-10,13,16-17,25,27H,11-12,14-15,18-19H2,(H,28,31). The van der Waals surface area contributed by atoms with Gasteiger partial charge in [0, 0.05) is 37.4 Å². The van der Waals surface area contributed by atoms with E-state index in [4.69, 9.17) is 4.74 Å². The molecule has 0 saturated carbocycles. The number of hydrogen-bond acceptors (Lipinski definition) is 5. The molecule has 2 aromatic rings.